The Balaban J connectivity index is 2.56. The molecule has 2 aromatic rings. The zero-order chi connectivity index (χ0) is 14.2. The third-order valence-corrected chi connectivity index (χ3v) is 3.64. The Morgan fingerprint density at radius 1 is 1.16 bits per heavy atom. The van der Waals surface area contributed by atoms with Crippen LogP contribution in [0.4, 0.5) is 0 Å². The van der Waals surface area contributed by atoms with E-state index in [1.807, 2.05) is 46.0 Å². The number of aromatic nitrogens is 1. The van der Waals surface area contributed by atoms with Crippen LogP contribution in [0.15, 0.2) is 35.1 Å². The fourth-order valence-electron chi connectivity index (χ4n) is 2.24. The van der Waals surface area contributed by atoms with Gasteiger partial charge in [0.15, 0.2) is 0 Å². The lowest BCUT2D eigenvalue weighted by molar-refractivity contribution is 0.810. The maximum absolute atomic E-state index is 11.9. The van der Waals surface area contributed by atoms with Crippen LogP contribution >= 0.6 is 0 Å². The molecule has 0 spiro atoms. The molecule has 1 heterocycles. The third kappa shape index (κ3) is 2.47. The lowest BCUT2D eigenvalue weighted by atomic mass is 9.99. The van der Waals surface area contributed by atoms with Gasteiger partial charge in [0.05, 0.1) is 0 Å². The first-order valence-electron chi connectivity index (χ1n) is 6.45. The van der Waals surface area contributed by atoms with Gasteiger partial charge in [-0.25, -0.2) is 0 Å². The molecular formula is C16H20N2O. The van der Waals surface area contributed by atoms with E-state index in [-0.39, 0.29) is 11.6 Å². The summed E-state index contributed by atoms with van der Waals surface area (Å²) in [7, 11) is 1.81. The van der Waals surface area contributed by atoms with E-state index in [0.717, 1.165) is 27.9 Å². The van der Waals surface area contributed by atoms with Gasteiger partial charge < -0.3 is 10.3 Å². The highest BCUT2D eigenvalue weighted by Crippen LogP contribution is 2.24. The second-order valence-corrected chi connectivity index (χ2v) is 5.10. The van der Waals surface area contributed by atoms with E-state index >= 15 is 0 Å². The molecule has 0 aliphatic rings. The van der Waals surface area contributed by atoms with Crippen molar-refractivity contribution in [2.75, 3.05) is 0 Å². The average molecular weight is 256 g/mol. The van der Waals surface area contributed by atoms with Crippen LogP contribution in [0, 0.1) is 13.8 Å². The Labute approximate surface area is 113 Å². The monoisotopic (exact) mass is 256 g/mol. The molecule has 3 heteroatoms. The molecule has 1 aromatic carbocycles. The first-order valence-corrected chi connectivity index (χ1v) is 6.45. The molecule has 2 rings (SSSR count). The summed E-state index contributed by atoms with van der Waals surface area (Å²) in [5.41, 5.74) is 11.0. The van der Waals surface area contributed by atoms with E-state index in [9.17, 15) is 4.79 Å². The Hall–Kier alpha value is -1.87. The molecule has 1 atom stereocenters. The number of hydrogen-bond donors (Lipinski definition) is 1. The number of rotatable bonds is 2. The van der Waals surface area contributed by atoms with Gasteiger partial charge in [-0.05, 0) is 38.0 Å². The van der Waals surface area contributed by atoms with Crippen LogP contribution in [-0.2, 0) is 7.05 Å². The van der Waals surface area contributed by atoms with Gasteiger partial charge in [-0.1, -0.05) is 24.3 Å². The average Bonchev–Trinajstić information content (AvgIpc) is 2.40. The van der Waals surface area contributed by atoms with Crippen LogP contribution in [-0.4, -0.2) is 4.57 Å². The lowest BCUT2D eigenvalue weighted by Gasteiger charge is -2.13. The van der Waals surface area contributed by atoms with E-state index < -0.39 is 0 Å². The van der Waals surface area contributed by atoms with Crippen molar-refractivity contribution in [2.45, 2.75) is 26.8 Å². The van der Waals surface area contributed by atoms with E-state index in [4.69, 9.17) is 5.73 Å². The molecule has 0 fully saturated rings. The second kappa shape index (κ2) is 5.02. The van der Waals surface area contributed by atoms with Crippen LogP contribution in [0.1, 0.15) is 29.8 Å². The number of nitrogens with two attached hydrogens (primary N) is 1. The molecule has 0 aliphatic carbocycles. The number of nitrogens with zero attached hydrogens (tertiary/aromatic N) is 1. The fourth-order valence-corrected chi connectivity index (χ4v) is 2.24. The molecule has 0 bridgehead atoms. The second-order valence-electron chi connectivity index (χ2n) is 5.10. The van der Waals surface area contributed by atoms with E-state index in [1.54, 1.807) is 4.57 Å². The minimum Gasteiger partial charge on any atom is -0.324 e. The van der Waals surface area contributed by atoms with E-state index in [0.29, 0.717) is 0 Å². The predicted molar refractivity (Wildman–Crippen MR) is 79.2 cm³/mol. The van der Waals surface area contributed by atoms with Gasteiger partial charge in [-0.3, -0.25) is 4.79 Å². The van der Waals surface area contributed by atoms with Gasteiger partial charge in [0.2, 0.25) is 0 Å². The number of aryl methyl sites for hydroxylation is 1. The highest BCUT2D eigenvalue weighted by Gasteiger charge is 2.09. The Morgan fingerprint density at radius 2 is 1.74 bits per heavy atom. The predicted octanol–water partition coefficient (Wildman–Crippen LogP) is 2.69. The van der Waals surface area contributed by atoms with Crippen LogP contribution in [0.5, 0.6) is 0 Å². The molecule has 0 saturated carbocycles. The quantitative estimate of drug-likeness (QED) is 0.898. The summed E-state index contributed by atoms with van der Waals surface area (Å²) in [6.07, 6.45) is 0. The van der Waals surface area contributed by atoms with Crippen molar-refractivity contribution in [2.24, 2.45) is 12.8 Å². The molecule has 0 amide bonds. The van der Waals surface area contributed by atoms with Crippen LogP contribution in [0.3, 0.4) is 0 Å². The minimum absolute atomic E-state index is 0.0389. The van der Waals surface area contributed by atoms with Crippen molar-refractivity contribution in [1.29, 1.82) is 0 Å². The molecule has 3 nitrogen and oxygen atoms in total. The zero-order valence-electron chi connectivity index (χ0n) is 11.9. The summed E-state index contributed by atoms with van der Waals surface area (Å²) < 4.78 is 1.70. The topological polar surface area (TPSA) is 48.0 Å². The van der Waals surface area contributed by atoms with Crippen molar-refractivity contribution in [3.8, 4) is 11.1 Å². The number of pyridine rings is 1. The summed E-state index contributed by atoms with van der Waals surface area (Å²) in [5.74, 6) is 0. The molecule has 0 saturated heterocycles. The molecule has 1 aromatic heterocycles. The normalized spacial score (nSPS) is 12.5. The molecule has 0 aliphatic heterocycles. The lowest BCUT2D eigenvalue weighted by Crippen LogP contribution is -2.21. The highest BCUT2D eigenvalue weighted by molar-refractivity contribution is 5.66. The maximum Gasteiger partial charge on any atom is 0.253 e. The summed E-state index contributed by atoms with van der Waals surface area (Å²) in [5, 5.41) is 0. The molecular weight excluding hydrogens is 236 g/mol. The molecule has 0 radical (unpaired) electrons. The summed E-state index contributed by atoms with van der Waals surface area (Å²) >= 11 is 0. The highest BCUT2D eigenvalue weighted by atomic mass is 16.1. The van der Waals surface area contributed by atoms with Gasteiger partial charge in [0.1, 0.15) is 0 Å². The van der Waals surface area contributed by atoms with Crippen molar-refractivity contribution >= 4 is 0 Å². The van der Waals surface area contributed by atoms with Crippen LogP contribution < -0.4 is 11.3 Å². The summed E-state index contributed by atoms with van der Waals surface area (Å²) in [6.45, 7) is 5.79. The van der Waals surface area contributed by atoms with Crippen LogP contribution in [0.25, 0.3) is 11.1 Å². The Bertz CT molecular complexity index is 652. The SMILES string of the molecule is Cc1cc(-c2ccc(C(C)N)cc2)c(C)n(C)c1=O. The smallest absolute Gasteiger partial charge is 0.253 e. The third-order valence-electron chi connectivity index (χ3n) is 3.64. The summed E-state index contributed by atoms with van der Waals surface area (Å²) in [6, 6.07) is 10.2. The van der Waals surface area contributed by atoms with Gasteiger partial charge >= 0.3 is 0 Å². The van der Waals surface area contributed by atoms with Crippen molar-refractivity contribution in [3.63, 3.8) is 0 Å². The standard InChI is InChI=1S/C16H20N2O/c1-10-9-15(12(3)18(4)16(10)19)14-7-5-13(6-8-14)11(2)17/h5-9,11H,17H2,1-4H3. The van der Waals surface area contributed by atoms with Gasteiger partial charge in [-0.15, -0.1) is 0 Å². The number of hydrogen-bond acceptors (Lipinski definition) is 2. The van der Waals surface area contributed by atoms with Gasteiger partial charge in [0, 0.05) is 29.9 Å². The van der Waals surface area contributed by atoms with E-state index in [1.165, 1.54) is 0 Å². The summed E-state index contributed by atoms with van der Waals surface area (Å²) in [4.78, 5) is 11.9. The van der Waals surface area contributed by atoms with E-state index in [2.05, 4.69) is 12.1 Å². The van der Waals surface area contributed by atoms with Gasteiger partial charge in [-0.2, -0.15) is 0 Å². The van der Waals surface area contributed by atoms with Crippen molar-refractivity contribution in [3.05, 3.63) is 57.5 Å². The largest absolute Gasteiger partial charge is 0.324 e. The molecule has 19 heavy (non-hydrogen) atoms. The van der Waals surface area contributed by atoms with Gasteiger partial charge in [0.25, 0.3) is 5.56 Å². The molecule has 100 valence electrons. The maximum atomic E-state index is 11.9. The molecule has 2 N–H and O–H groups in total. The minimum atomic E-state index is 0.0389. The first kappa shape index (κ1) is 13.6. The zero-order valence-corrected chi connectivity index (χ0v) is 11.9. The first-order chi connectivity index (χ1) is 8.91. The Morgan fingerprint density at radius 3 is 2.26 bits per heavy atom. The number of benzene rings is 1. The fraction of sp³-hybridized carbons (Fsp3) is 0.312. The Kier molecular flexibility index (Phi) is 3.58. The van der Waals surface area contributed by atoms with Crippen LogP contribution in [0.2, 0.25) is 0 Å². The van der Waals surface area contributed by atoms with Crippen molar-refractivity contribution < 1.29 is 0 Å². The van der Waals surface area contributed by atoms with Crippen molar-refractivity contribution in [1.82, 2.24) is 4.57 Å². The molecule has 1 unspecified atom stereocenters.